The van der Waals surface area contributed by atoms with E-state index in [9.17, 15) is 9.30 Å². The molecule has 1 aromatic rings. The molecule has 0 N–H and O–H groups in total. The van der Waals surface area contributed by atoms with Gasteiger partial charge in [-0.05, 0) is 24.6 Å². The van der Waals surface area contributed by atoms with Crippen LogP contribution in [0.5, 0.6) is 11.5 Å². The molecule has 16 heavy (non-hydrogen) atoms. The molecular formula is C11H14FNO3. The Morgan fingerprint density at radius 1 is 1.44 bits per heavy atom. The molecule has 1 rings (SSSR count). The predicted octanol–water partition coefficient (Wildman–Crippen LogP) is 2.87. The van der Waals surface area contributed by atoms with Gasteiger partial charge in [0.2, 0.25) is 0 Å². The molecule has 5 heteroatoms. The Morgan fingerprint density at radius 2 is 2.19 bits per heavy atom. The number of hydrogen-bond acceptors (Lipinski definition) is 4. The molecule has 1 aromatic carbocycles. The Bertz CT molecular complexity index is 357. The number of halogens is 1. The van der Waals surface area contributed by atoms with E-state index in [1.54, 1.807) is 18.2 Å². The molecule has 0 saturated carbocycles. The fraction of sp³-hybridized carbons (Fsp3) is 0.455. The lowest BCUT2D eigenvalue weighted by molar-refractivity contribution is 0.310. The summed E-state index contributed by atoms with van der Waals surface area (Å²) in [5, 5.41) is 2.71. The lowest BCUT2D eigenvalue weighted by Gasteiger charge is -2.12. The first-order valence-corrected chi connectivity index (χ1v) is 4.96. The number of hydrogen-bond donors (Lipinski definition) is 0. The molecule has 1 atom stereocenters. The largest absolute Gasteiger partial charge is 0.493 e. The second-order valence-corrected chi connectivity index (χ2v) is 3.12. The monoisotopic (exact) mass is 227 g/mol. The summed E-state index contributed by atoms with van der Waals surface area (Å²) in [4.78, 5) is 10.4. The fourth-order valence-electron chi connectivity index (χ4n) is 1.35. The molecule has 0 aliphatic carbocycles. The van der Waals surface area contributed by atoms with Crippen LogP contribution >= 0.6 is 0 Å². The van der Waals surface area contributed by atoms with Gasteiger partial charge in [0.05, 0.1) is 13.7 Å². The predicted molar refractivity (Wildman–Crippen MR) is 58.7 cm³/mol. The van der Waals surface area contributed by atoms with Crippen molar-refractivity contribution >= 4 is 0 Å². The Kier molecular flexibility index (Phi) is 4.69. The van der Waals surface area contributed by atoms with Gasteiger partial charge in [0.1, 0.15) is 12.7 Å². The highest BCUT2D eigenvalue weighted by atomic mass is 19.1. The first kappa shape index (κ1) is 12.4. The van der Waals surface area contributed by atoms with Crippen LogP contribution in [0.2, 0.25) is 0 Å². The van der Waals surface area contributed by atoms with Gasteiger partial charge >= 0.3 is 0 Å². The van der Waals surface area contributed by atoms with Crippen LogP contribution in [0.25, 0.3) is 0 Å². The van der Waals surface area contributed by atoms with Crippen molar-refractivity contribution in [3.8, 4) is 11.5 Å². The van der Waals surface area contributed by atoms with Crippen LogP contribution in [0.15, 0.2) is 23.4 Å². The van der Waals surface area contributed by atoms with Gasteiger partial charge in [-0.1, -0.05) is 11.2 Å². The summed E-state index contributed by atoms with van der Waals surface area (Å²) >= 11 is 0. The van der Waals surface area contributed by atoms with Crippen LogP contribution in [0.3, 0.4) is 0 Å². The van der Waals surface area contributed by atoms with E-state index in [0.29, 0.717) is 23.7 Å². The second-order valence-electron chi connectivity index (χ2n) is 3.12. The first-order chi connectivity index (χ1) is 7.76. The number of nitroso groups, excluding NO2 is 1. The van der Waals surface area contributed by atoms with Crippen molar-refractivity contribution in [2.24, 2.45) is 5.18 Å². The zero-order valence-electron chi connectivity index (χ0n) is 9.27. The molecule has 0 fully saturated rings. The Morgan fingerprint density at radius 3 is 2.69 bits per heavy atom. The van der Waals surface area contributed by atoms with Crippen molar-refractivity contribution in [2.45, 2.75) is 13.0 Å². The molecular weight excluding hydrogens is 213 g/mol. The van der Waals surface area contributed by atoms with Crippen molar-refractivity contribution in [1.82, 2.24) is 0 Å². The molecule has 0 radical (unpaired) electrons. The minimum atomic E-state index is -0.981. The summed E-state index contributed by atoms with van der Waals surface area (Å²) < 4.78 is 22.9. The maximum absolute atomic E-state index is 12.5. The average Bonchev–Trinajstić information content (AvgIpc) is 2.31. The third-order valence-corrected chi connectivity index (χ3v) is 2.15. The Balaban J connectivity index is 3.04. The summed E-state index contributed by atoms with van der Waals surface area (Å²) in [5.41, 5.74) is 0.488. The van der Waals surface area contributed by atoms with Crippen LogP contribution < -0.4 is 9.47 Å². The number of ether oxygens (including phenoxy) is 2. The molecule has 0 bridgehead atoms. The molecule has 88 valence electrons. The average molecular weight is 227 g/mol. The Labute approximate surface area is 93.3 Å². The maximum atomic E-state index is 12.5. The quantitative estimate of drug-likeness (QED) is 0.702. The van der Waals surface area contributed by atoms with Crippen molar-refractivity contribution in [1.29, 1.82) is 0 Å². The van der Waals surface area contributed by atoms with Gasteiger partial charge in [0, 0.05) is 0 Å². The maximum Gasteiger partial charge on any atom is 0.161 e. The van der Waals surface area contributed by atoms with Crippen molar-refractivity contribution in [3.63, 3.8) is 0 Å². The normalized spacial score (nSPS) is 11.9. The number of nitrogens with zero attached hydrogens (tertiary/aromatic N) is 1. The topological polar surface area (TPSA) is 47.9 Å². The molecule has 0 aliphatic heterocycles. The summed E-state index contributed by atoms with van der Waals surface area (Å²) in [6.45, 7) is 1.48. The SMILES string of the molecule is CCOc1cc(C(CF)N=O)ccc1OC. The highest BCUT2D eigenvalue weighted by molar-refractivity contribution is 5.43. The standard InChI is InChI=1S/C11H14FNO3/c1-3-16-11-6-8(9(7-12)13-14)4-5-10(11)15-2/h4-6,9H,3,7H2,1-2H3. The van der Waals surface area contributed by atoms with Crippen LogP contribution in [-0.4, -0.2) is 20.4 Å². The lowest BCUT2D eigenvalue weighted by Crippen LogP contribution is -2.00. The van der Waals surface area contributed by atoms with E-state index in [1.807, 2.05) is 6.92 Å². The van der Waals surface area contributed by atoms with Crippen LogP contribution in [0.4, 0.5) is 4.39 Å². The number of alkyl halides is 1. The summed E-state index contributed by atoms with van der Waals surface area (Å²) in [6, 6.07) is 3.83. The lowest BCUT2D eigenvalue weighted by atomic mass is 10.1. The summed E-state index contributed by atoms with van der Waals surface area (Å²) in [6.07, 6.45) is 0. The Hall–Kier alpha value is -1.65. The molecule has 0 amide bonds. The molecule has 0 spiro atoms. The highest BCUT2D eigenvalue weighted by Crippen LogP contribution is 2.31. The van der Waals surface area contributed by atoms with E-state index in [4.69, 9.17) is 9.47 Å². The molecule has 0 saturated heterocycles. The number of methoxy groups -OCH3 is 1. The van der Waals surface area contributed by atoms with Crippen LogP contribution in [-0.2, 0) is 0 Å². The van der Waals surface area contributed by atoms with Gasteiger partial charge < -0.3 is 9.47 Å². The van der Waals surface area contributed by atoms with Gasteiger partial charge in [-0.15, -0.1) is 0 Å². The third-order valence-electron chi connectivity index (χ3n) is 2.15. The number of benzene rings is 1. The van der Waals surface area contributed by atoms with E-state index >= 15 is 0 Å². The van der Waals surface area contributed by atoms with Gasteiger partial charge in [-0.25, -0.2) is 4.39 Å². The smallest absolute Gasteiger partial charge is 0.161 e. The van der Waals surface area contributed by atoms with Gasteiger partial charge in [-0.2, -0.15) is 4.91 Å². The van der Waals surface area contributed by atoms with Gasteiger partial charge in [0.25, 0.3) is 0 Å². The fourth-order valence-corrected chi connectivity index (χ4v) is 1.35. The molecule has 4 nitrogen and oxygen atoms in total. The minimum Gasteiger partial charge on any atom is -0.493 e. The van der Waals surface area contributed by atoms with Crippen LogP contribution in [0.1, 0.15) is 18.5 Å². The first-order valence-electron chi connectivity index (χ1n) is 4.96. The van der Waals surface area contributed by atoms with Crippen LogP contribution in [0, 0.1) is 4.91 Å². The zero-order chi connectivity index (χ0) is 12.0. The van der Waals surface area contributed by atoms with E-state index in [2.05, 4.69) is 5.18 Å². The minimum absolute atomic E-state index is 0.467. The van der Waals surface area contributed by atoms with E-state index in [-0.39, 0.29) is 0 Å². The third kappa shape index (κ3) is 2.68. The van der Waals surface area contributed by atoms with E-state index in [0.717, 1.165) is 0 Å². The molecule has 0 aromatic heterocycles. The van der Waals surface area contributed by atoms with Crippen molar-refractivity contribution in [3.05, 3.63) is 28.7 Å². The zero-order valence-corrected chi connectivity index (χ0v) is 9.27. The molecule has 1 unspecified atom stereocenters. The molecule has 0 heterocycles. The van der Waals surface area contributed by atoms with E-state index < -0.39 is 12.7 Å². The van der Waals surface area contributed by atoms with Gasteiger partial charge in [-0.3, -0.25) is 0 Å². The molecule has 0 aliphatic rings. The van der Waals surface area contributed by atoms with Crippen molar-refractivity contribution < 1.29 is 13.9 Å². The van der Waals surface area contributed by atoms with E-state index in [1.165, 1.54) is 7.11 Å². The van der Waals surface area contributed by atoms with Crippen molar-refractivity contribution in [2.75, 3.05) is 20.4 Å². The number of rotatable bonds is 6. The highest BCUT2D eigenvalue weighted by Gasteiger charge is 2.14. The summed E-state index contributed by atoms with van der Waals surface area (Å²) in [5.74, 6) is 1.04. The second kappa shape index (κ2) is 6.05. The van der Waals surface area contributed by atoms with Gasteiger partial charge in [0.15, 0.2) is 11.5 Å². The summed E-state index contributed by atoms with van der Waals surface area (Å²) in [7, 11) is 1.52.